The van der Waals surface area contributed by atoms with E-state index in [9.17, 15) is 0 Å². The molecule has 1 heterocycles. The van der Waals surface area contributed by atoms with Gasteiger partial charge in [0.15, 0.2) is 0 Å². The summed E-state index contributed by atoms with van der Waals surface area (Å²) < 4.78 is 5.86. The molecule has 0 bridgehead atoms. The number of nitrogens with zero attached hydrogens (tertiary/aromatic N) is 1. The normalized spacial score (nSPS) is 25.0. The van der Waals surface area contributed by atoms with E-state index in [1.165, 1.54) is 51.6 Å². The molecular formula is C15H30N2O. The lowest BCUT2D eigenvalue weighted by Crippen LogP contribution is -2.43. The molecular weight excluding hydrogens is 224 g/mol. The third kappa shape index (κ3) is 4.22. The van der Waals surface area contributed by atoms with Crippen molar-refractivity contribution in [2.45, 2.75) is 64.0 Å². The first kappa shape index (κ1) is 14.3. The molecule has 18 heavy (non-hydrogen) atoms. The molecule has 2 fully saturated rings. The molecule has 0 radical (unpaired) electrons. The quantitative estimate of drug-likeness (QED) is 0.709. The van der Waals surface area contributed by atoms with Crippen LogP contribution in [-0.4, -0.2) is 43.3 Å². The molecule has 3 nitrogen and oxygen atoms in total. The van der Waals surface area contributed by atoms with Crippen molar-refractivity contribution >= 4 is 0 Å². The van der Waals surface area contributed by atoms with E-state index in [1.807, 2.05) is 0 Å². The lowest BCUT2D eigenvalue weighted by molar-refractivity contribution is -0.00397. The van der Waals surface area contributed by atoms with Crippen LogP contribution in [0.15, 0.2) is 0 Å². The summed E-state index contributed by atoms with van der Waals surface area (Å²) in [6.45, 7) is 6.45. The van der Waals surface area contributed by atoms with Gasteiger partial charge in [0, 0.05) is 25.7 Å². The van der Waals surface area contributed by atoms with E-state index in [4.69, 9.17) is 10.5 Å². The minimum absolute atomic E-state index is 0.490. The van der Waals surface area contributed by atoms with E-state index < -0.39 is 0 Å². The van der Waals surface area contributed by atoms with Gasteiger partial charge in [0.25, 0.3) is 0 Å². The van der Waals surface area contributed by atoms with E-state index in [2.05, 4.69) is 11.8 Å². The van der Waals surface area contributed by atoms with Gasteiger partial charge in [0.2, 0.25) is 0 Å². The molecule has 0 aromatic heterocycles. The highest BCUT2D eigenvalue weighted by molar-refractivity contribution is 4.80. The lowest BCUT2D eigenvalue weighted by Gasteiger charge is -2.38. The molecule has 0 aromatic carbocycles. The fourth-order valence-corrected chi connectivity index (χ4v) is 3.18. The van der Waals surface area contributed by atoms with Gasteiger partial charge in [-0.2, -0.15) is 0 Å². The summed E-state index contributed by atoms with van der Waals surface area (Å²) in [5, 5.41) is 0. The zero-order chi connectivity index (χ0) is 12.8. The second kappa shape index (κ2) is 7.46. The molecule has 0 aromatic rings. The summed E-state index contributed by atoms with van der Waals surface area (Å²) in [4.78, 5) is 2.67. The average Bonchev–Trinajstić information content (AvgIpc) is 2.35. The van der Waals surface area contributed by atoms with Crippen LogP contribution in [0, 0.1) is 5.92 Å². The van der Waals surface area contributed by atoms with Gasteiger partial charge in [-0.15, -0.1) is 0 Å². The molecule has 2 rings (SSSR count). The zero-order valence-electron chi connectivity index (χ0n) is 11.9. The molecule has 2 N–H and O–H groups in total. The van der Waals surface area contributed by atoms with Gasteiger partial charge in [-0.05, 0) is 45.1 Å². The van der Waals surface area contributed by atoms with Crippen molar-refractivity contribution in [3.8, 4) is 0 Å². The Morgan fingerprint density at radius 2 is 1.94 bits per heavy atom. The van der Waals surface area contributed by atoms with E-state index in [1.54, 1.807) is 0 Å². The monoisotopic (exact) mass is 254 g/mol. The highest BCUT2D eigenvalue weighted by Crippen LogP contribution is 2.32. The third-order valence-electron chi connectivity index (χ3n) is 4.70. The third-order valence-corrected chi connectivity index (χ3v) is 4.70. The molecule has 1 unspecified atom stereocenters. The highest BCUT2D eigenvalue weighted by atomic mass is 16.5. The molecule has 1 saturated heterocycles. The van der Waals surface area contributed by atoms with E-state index in [0.29, 0.717) is 6.10 Å². The Morgan fingerprint density at radius 1 is 1.22 bits per heavy atom. The Balaban J connectivity index is 1.59. The number of ether oxygens (including phenoxy) is 1. The largest absolute Gasteiger partial charge is 0.378 e. The maximum atomic E-state index is 5.86. The average molecular weight is 254 g/mol. The highest BCUT2D eigenvalue weighted by Gasteiger charge is 2.26. The smallest absolute Gasteiger partial charge is 0.0599 e. The number of hydrogen-bond acceptors (Lipinski definition) is 3. The molecule has 1 saturated carbocycles. The molecule has 3 heteroatoms. The molecule has 1 aliphatic carbocycles. The maximum absolute atomic E-state index is 5.86. The Bertz CT molecular complexity index is 223. The van der Waals surface area contributed by atoms with Crippen LogP contribution in [0.25, 0.3) is 0 Å². The minimum atomic E-state index is 0.490. The first-order valence-electron chi connectivity index (χ1n) is 7.85. The van der Waals surface area contributed by atoms with Crippen LogP contribution in [0.1, 0.15) is 51.9 Å². The van der Waals surface area contributed by atoms with Crippen LogP contribution in [-0.2, 0) is 4.74 Å². The molecule has 2 aliphatic rings. The van der Waals surface area contributed by atoms with Crippen molar-refractivity contribution in [3.63, 3.8) is 0 Å². The van der Waals surface area contributed by atoms with Crippen molar-refractivity contribution < 1.29 is 4.74 Å². The van der Waals surface area contributed by atoms with Gasteiger partial charge < -0.3 is 15.4 Å². The van der Waals surface area contributed by atoms with Gasteiger partial charge in [0.1, 0.15) is 0 Å². The van der Waals surface area contributed by atoms with Crippen molar-refractivity contribution in [1.29, 1.82) is 0 Å². The molecule has 0 amide bonds. The van der Waals surface area contributed by atoms with Gasteiger partial charge in [-0.1, -0.05) is 19.3 Å². The van der Waals surface area contributed by atoms with Crippen molar-refractivity contribution in [3.05, 3.63) is 0 Å². The SMILES string of the molecule is CC(CC1CCC1)N1CCC(OCCCN)CC1. The van der Waals surface area contributed by atoms with Crippen LogP contribution >= 0.6 is 0 Å². The summed E-state index contributed by atoms with van der Waals surface area (Å²) >= 11 is 0. The maximum Gasteiger partial charge on any atom is 0.0599 e. The second-order valence-corrected chi connectivity index (χ2v) is 6.13. The van der Waals surface area contributed by atoms with Crippen LogP contribution in [0.4, 0.5) is 0 Å². The Kier molecular flexibility index (Phi) is 5.93. The predicted molar refractivity (Wildman–Crippen MR) is 75.6 cm³/mol. The molecule has 106 valence electrons. The van der Waals surface area contributed by atoms with Crippen molar-refractivity contribution in [2.75, 3.05) is 26.2 Å². The summed E-state index contributed by atoms with van der Waals surface area (Å²) in [6.07, 6.45) is 9.74. The van der Waals surface area contributed by atoms with Crippen molar-refractivity contribution in [1.82, 2.24) is 4.90 Å². The first-order chi connectivity index (χ1) is 8.79. The second-order valence-electron chi connectivity index (χ2n) is 6.13. The minimum Gasteiger partial charge on any atom is -0.378 e. The van der Waals surface area contributed by atoms with Gasteiger partial charge in [-0.3, -0.25) is 0 Å². The number of rotatable bonds is 7. The topological polar surface area (TPSA) is 38.5 Å². The molecule has 1 atom stereocenters. The van der Waals surface area contributed by atoms with E-state index >= 15 is 0 Å². The predicted octanol–water partition coefficient (Wildman–Crippen LogP) is 2.39. The summed E-state index contributed by atoms with van der Waals surface area (Å²) in [6, 6.07) is 0.778. The fourth-order valence-electron chi connectivity index (χ4n) is 3.18. The van der Waals surface area contributed by atoms with Gasteiger partial charge in [-0.25, -0.2) is 0 Å². The summed E-state index contributed by atoms with van der Waals surface area (Å²) in [5.41, 5.74) is 5.48. The first-order valence-corrected chi connectivity index (χ1v) is 7.85. The van der Waals surface area contributed by atoms with Crippen molar-refractivity contribution in [2.24, 2.45) is 11.7 Å². The van der Waals surface area contributed by atoms with E-state index in [0.717, 1.165) is 31.5 Å². The molecule has 0 spiro atoms. The van der Waals surface area contributed by atoms with Crippen LogP contribution < -0.4 is 5.73 Å². The van der Waals surface area contributed by atoms with Crippen LogP contribution in [0.2, 0.25) is 0 Å². The number of likely N-dealkylation sites (tertiary alicyclic amines) is 1. The number of piperidine rings is 1. The van der Waals surface area contributed by atoms with E-state index in [-0.39, 0.29) is 0 Å². The van der Waals surface area contributed by atoms with Gasteiger partial charge in [0.05, 0.1) is 6.10 Å². The zero-order valence-corrected chi connectivity index (χ0v) is 11.9. The fraction of sp³-hybridized carbons (Fsp3) is 1.00. The van der Waals surface area contributed by atoms with Crippen LogP contribution in [0.3, 0.4) is 0 Å². The van der Waals surface area contributed by atoms with Gasteiger partial charge >= 0.3 is 0 Å². The number of nitrogens with two attached hydrogens (primary N) is 1. The molecule has 1 aliphatic heterocycles. The Labute approximate surface area is 112 Å². The standard InChI is InChI=1S/C15H30N2O/c1-13(12-14-4-2-5-14)17-9-6-15(7-10-17)18-11-3-8-16/h13-15H,2-12,16H2,1H3. The number of hydrogen-bond donors (Lipinski definition) is 1. The summed E-state index contributed by atoms with van der Waals surface area (Å²) in [5.74, 6) is 1.03. The lowest BCUT2D eigenvalue weighted by atomic mass is 9.80. The van der Waals surface area contributed by atoms with Crippen LogP contribution in [0.5, 0.6) is 0 Å². The summed E-state index contributed by atoms with van der Waals surface area (Å²) in [7, 11) is 0. The Hall–Kier alpha value is -0.120. The Morgan fingerprint density at radius 3 is 2.50 bits per heavy atom.